The van der Waals surface area contributed by atoms with Crippen LogP contribution in [0.3, 0.4) is 0 Å². The van der Waals surface area contributed by atoms with Gasteiger partial charge in [-0.3, -0.25) is 0 Å². The zero-order valence-electron chi connectivity index (χ0n) is 11.7. The summed E-state index contributed by atoms with van der Waals surface area (Å²) >= 11 is 0. The predicted octanol–water partition coefficient (Wildman–Crippen LogP) is 4.04. The smallest absolute Gasteiger partial charge is 0.335 e. The first-order valence-electron chi connectivity index (χ1n) is 7.12. The van der Waals surface area contributed by atoms with Crippen LogP contribution in [0.15, 0.2) is 18.2 Å². The van der Waals surface area contributed by atoms with Gasteiger partial charge in [0.1, 0.15) is 11.9 Å². The van der Waals surface area contributed by atoms with E-state index in [4.69, 9.17) is 9.84 Å². The standard InChI is InChI=1S/C16H22O3/c1-3-12-6-4-5-7-15(12)19-13-8-9-14(16(17)18)11(2)10-13/h8-10,12,15H,3-7H2,1-2H3,(H,17,18). The van der Waals surface area contributed by atoms with Gasteiger partial charge in [-0.25, -0.2) is 4.79 Å². The van der Waals surface area contributed by atoms with Crippen molar-refractivity contribution < 1.29 is 14.6 Å². The van der Waals surface area contributed by atoms with Crippen LogP contribution >= 0.6 is 0 Å². The Balaban J connectivity index is 2.10. The predicted molar refractivity (Wildman–Crippen MR) is 74.8 cm³/mol. The number of carboxylic acids is 1. The number of benzene rings is 1. The molecule has 19 heavy (non-hydrogen) atoms. The molecule has 1 N–H and O–H groups in total. The molecule has 0 spiro atoms. The van der Waals surface area contributed by atoms with Crippen LogP contribution in [0.4, 0.5) is 0 Å². The molecule has 0 heterocycles. The van der Waals surface area contributed by atoms with E-state index in [1.165, 1.54) is 19.3 Å². The van der Waals surface area contributed by atoms with Crippen LogP contribution in [0.2, 0.25) is 0 Å². The van der Waals surface area contributed by atoms with Crippen LogP contribution in [-0.4, -0.2) is 17.2 Å². The van der Waals surface area contributed by atoms with E-state index in [1.807, 2.05) is 13.0 Å². The van der Waals surface area contributed by atoms with Crippen LogP contribution in [0.5, 0.6) is 5.75 Å². The number of hydrogen-bond acceptors (Lipinski definition) is 2. The summed E-state index contributed by atoms with van der Waals surface area (Å²) in [4.78, 5) is 11.0. The third-order valence-electron chi connectivity index (χ3n) is 4.08. The fraction of sp³-hybridized carbons (Fsp3) is 0.562. The van der Waals surface area contributed by atoms with Gasteiger partial charge in [-0.2, -0.15) is 0 Å². The van der Waals surface area contributed by atoms with Crippen LogP contribution in [-0.2, 0) is 0 Å². The molecule has 0 amide bonds. The second kappa shape index (κ2) is 6.09. The van der Waals surface area contributed by atoms with Crippen molar-refractivity contribution in [1.29, 1.82) is 0 Å². The quantitative estimate of drug-likeness (QED) is 0.890. The van der Waals surface area contributed by atoms with E-state index in [9.17, 15) is 4.79 Å². The SMILES string of the molecule is CCC1CCCCC1Oc1ccc(C(=O)O)c(C)c1. The Morgan fingerprint density at radius 1 is 1.37 bits per heavy atom. The van der Waals surface area contributed by atoms with E-state index in [1.54, 1.807) is 12.1 Å². The topological polar surface area (TPSA) is 46.5 Å². The van der Waals surface area contributed by atoms with Crippen LogP contribution in [0, 0.1) is 12.8 Å². The largest absolute Gasteiger partial charge is 0.490 e. The molecule has 104 valence electrons. The third kappa shape index (κ3) is 3.28. The van der Waals surface area contributed by atoms with E-state index < -0.39 is 5.97 Å². The molecule has 1 aromatic rings. The molecule has 2 rings (SSSR count). The van der Waals surface area contributed by atoms with Crippen molar-refractivity contribution in [2.45, 2.75) is 52.1 Å². The van der Waals surface area contributed by atoms with Crippen molar-refractivity contribution in [3.8, 4) is 5.75 Å². The van der Waals surface area contributed by atoms with E-state index in [0.717, 1.165) is 24.2 Å². The Bertz CT molecular complexity index is 453. The lowest BCUT2D eigenvalue weighted by Crippen LogP contribution is -2.29. The lowest BCUT2D eigenvalue weighted by Gasteiger charge is -2.31. The van der Waals surface area contributed by atoms with Crippen LogP contribution in [0.1, 0.15) is 54.9 Å². The summed E-state index contributed by atoms with van der Waals surface area (Å²) < 4.78 is 6.08. The molecular formula is C16H22O3. The third-order valence-corrected chi connectivity index (χ3v) is 4.08. The highest BCUT2D eigenvalue weighted by molar-refractivity contribution is 5.89. The Morgan fingerprint density at radius 2 is 2.11 bits per heavy atom. The van der Waals surface area contributed by atoms with E-state index in [0.29, 0.717) is 11.5 Å². The molecule has 1 fully saturated rings. The second-order valence-electron chi connectivity index (χ2n) is 5.39. The van der Waals surface area contributed by atoms with Gasteiger partial charge in [-0.15, -0.1) is 0 Å². The van der Waals surface area contributed by atoms with Gasteiger partial charge in [0.2, 0.25) is 0 Å². The van der Waals surface area contributed by atoms with Crippen molar-refractivity contribution in [3.05, 3.63) is 29.3 Å². The lowest BCUT2D eigenvalue weighted by atomic mass is 9.85. The average Bonchev–Trinajstić information content (AvgIpc) is 2.39. The van der Waals surface area contributed by atoms with Gasteiger partial charge in [0.05, 0.1) is 5.56 Å². The van der Waals surface area contributed by atoms with Gasteiger partial charge in [0.15, 0.2) is 0 Å². The molecule has 3 heteroatoms. The molecule has 0 bridgehead atoms. The fourth-order valence-corrected chi connectivity index (χ4v) is 2.92. The minimum Gasteiger partial charge on any atom is -0.490 e. The van der Waals surface area contributed by atoms with Crippen LogP contribution < -0.4 is 4.74 Å². The van der Waals surface area contributed by atoms with Crippen molar-refractivity contribution in [3.63, 3.8) is 0 Å². The molecule has 1 aromatic carbocycles. The minimum absolute atomic E-state index is 0.286. The Labute approximate surface area is 114 Å². The Kier molecular flexibility index (Phi) is 4.46. The first-order chi connectivity index (χ1) is 9.11. The number of ether oxygens (including phenoxy) is 1. The molecule has 0 aromatic heterocycles. The number of carbonyl (C=O) groups is 1. The molecule has 2 unspecified atom stereocenters. The van der Waals surface area contributed by atoms with E-state index >= 15 is 0 Å². The molecule has 3 nitrogen and oxygen atoms in total. The molecule has 0 aliphatic heterocycles. The van der Waals surface area contributed by atoms with Gasteiger partial charge in [-0.05, 0) is 62.3 Å². The van der Waals surface area contributed by atoms with Crippen molar-refractivity contribution in [1.82, 2.24) is 0 Å². The van der Waals surface area contributed by atoms with Gasteiger partial charge < -0.3 is 9.84 Å². The fourth-order valence-electron chi connectivity index (χ4n) is 2.92. The van der Waals surface area contributed by atoms with Gasteiger partial charge in [-0.1, -0.05) is 13.3 Å². The number of carboxylic acid groups (broad SMARTS) is 1. The number of rotatable bonds is 4. The second-order valence-corrected chi connectivity index (χ2v) is 5.39. The maximum absolute atomic E-state index is 11.0. The maximum Gasteiger partial charge on any atom is 0.335 e. The normalized spacial score (nSPS) is 23.1. The van der Waals surface area contributed by atoms with Crippen molar-refractivity contribution in [2.75, 3.05) is 0 Å². The Morgan fingerprint density at radius 3 is 2.74 bits per heavy atom. The maximum atomic E-state index is 11.0. The van der Waals surface area contributed by atoms with E-state index in [-0.39, 0.29) is 6.10 Å². The Hall–Kier alpha value is -1.51. The summed E-state index contributed by atoms with van der Waals surface area (Å²) in [5.41, 5.74) is 1.11. The first-order valence-corrected chi connectivity index (χ1v) is 7.12. The average molecular weight is 262 g/mol. The highest BCUT2D eigenvalue weighted by Gasteiger charge is 2.25. The number of aromatic carboxylic acids is 1. The molecule has 1 aliphatic rings. The summed E-state index contributed by atoms with van der Waals surface area (Å²) in [6.45, 7) is 4.03. The highest BCUT2D eigenvalue weighted by Crippen LogP contribution is 2.31. The zero-order chi connectivity index (χ0) is 13.8. The molecule has 1 saturated carbocycles. The lowest BCUT2D eigenvalue weighted by molar-refractivity contribution is 0.0695. The monoisotopic (exact) mass is 262 g/mol. The highest BCUT2D eigenvalue weighted by atomic mass is 16.5. The van der Waals surface area contributed by atoms with Gasteiger partial charge in [0, 0.05) is 0 Å². The summed E-state index contributed by atoms with van der Waals surface area (Å²) in [5, 5.41) is 9.02. The first kappa shape index (κ1) is 13.9. The molecule has 0 saturated heterocycles. The summed E-state index contributed by atoms with van der Waals surface area (Å²) in [6, 6.07) is 5.25. The van der Waals surface area contributed by atoms with Crippen molar-refractivity contribution in [2.24, 2.45) is 5.92 Å². The summed E-state index contributed by atoms with van der Waals surface area (Å²) in [6.07, 6.45) is 6.32. The number of aryl methyl sites for hydroxylation is 1. The minimum atomic E-state index is -0.881. The number of hydrogen-bond donors (Lipinski definition) is 1. The molecule has 2 atom stereocenters. The van der Waals surface area contributed by atoms with Crippen molar-refractivity contribution >= 4 is 5.97 Å². The molecule has 1 aliphatic carbocycles. The van der Waals surface area contributed by atoms with Gasteiger partial charge >= 0.3 is 5.97 Å². The molecule has 0 radical (unpaired) electrons. The van der Waals surface area contributed by atoms with E-state index in [2.05, 4.69) is 6.92 Å². The summed E-state index contributed by atoms with van der Waals surface area (Å²) in [5.74, 6) is 0.550. The van der Waals surface area contributed by atoms with Crippen LogP contribution in [0.25, 0.3) is 0 Å². The zero-order valence-corrected chi connectivity index (χ0v) is 11.7. The molecular weight excluding hydrogens is 240 g/mol. The summed E-state index contributed by atoms with van der Waals surface area (Å²) in [7, 11) is 0. The van der Waals surface area contributed by atoms with Gasteiger partial charge in [0.25, 0.3) is 0 Å².